The van der Waals surface area contributed by atoms with Crippen LogP contribution in [0.4, 0.5) is 0 Å². The predicted octanol–water partition coefficient (Wildman–Crippen LogP) is 3.22. The molecule has 1 rings (SSSR count). The summed E-state index contributed by atoms with van der Waals surface area (Å²) in [6.07, 6.45) is 0.812. The van der Waals surface area contributed by atoms with Gasteiger partial charge in [0.15, 0.2) is 5.78 Å². The summed E-state index contributed by atoms with van der Waals surface area (Å²) < 4.78 is 0. The van der Waals surface area contributed by atoms with E-state index in [0.29, 0.717) is 0 Å². The molecule has 0 amide bonds. The molecule has 0 N–H and O–H groups in total. The highest BCUT2D eigenvalue weighted by Crippen LogP contribution is 2.24. The second-order valence-electron chi connectivity index (χ2n) is 5.17. The average Bonchev–Trinajstić information content (AvgIpc) is 2.30. The van der Waals surface area contributed by atoms with Crippen molar-refractivity contribution in [3.8, 4) is 0 Å². The fourth-order valence-corrected chi connectivity index (χ4v) is 1.95. The molecule has 0 heterocycles. The molecule has 94 valence electrons. The lowest BCUT2D eigenvalue weighted by Crippen LogP contribution is -2.48. The van der Waals surface area contributed by atoms with Crippen molar-refractivity contribution in [2.75, 3.05) is 14.1 Å². The van der Waals surface area contributed by atoms with Crippen LogP contribution in [0.25, 0.3) is 0 Å². The number of aryl methyl sites for hydroxylation is 2. The summed E-state index contributed by atoms with van der Waals surface area (Å²) in [5.74, 6) is 0.214. The molecule has 2 heteroatoms. The van der Waals surface area contributed by atoms with Gasteiger partial charge in [0.1, 0.15) is 0 Å². The molecule has 0 radical (unpaired) electrons. The van der Waals surface area contributed by atoms with E-state index in [0.717, 1.165) is 23.1 Å². The third-order valence-corrected chi connectivity index (χ3v) is 3.80. The minimum absolute atomic E-state index is 0.214. The summed E-state index contributed by atoms with van der Waals surface area (Å²) in [5, 5.41) is 0. The van der Waals surface area contributed by atoms with Crippen LogP contribution in [0.2, 0.25) is 0 Å². The maximum Gasteiger partial charge on any atom is 0.183 e. The molecule has 0 aromatic heterocycles. The van der Waals surface area contributed by atoms with E-state index in [1.165, 1.54) is 0 Å². The van der Waals surface area contributed by atoms with Crippen molar-refractivity contribution in [1.29, 1.82) is 0 Å². The molecular weight excluding hydrogens is 210 g/mol. The molecule has 0 aliphatic heterocycles. The summed E-state index contributed by atoms with van der Waals surface area (Å²) in [6, 6.07) is 6.06. The van der Waals surface area contributed by atoms with Gasteiger partial charge in [0.25, 0.3) is 0 Å². The number of likely N-dealkylation sites (N-methyl/N-ethyl adjacent to an activating group) is 1. The molecule has 1 aromatic carbocycles. The van der Waals surface area contributed by atoms with Crippen LogP contribution in [0.15, 0.2) is 18.2 Å². The van der Waals surface area contributed by atoms with Crippen LogP contribution in [0.5, 0.6) is 0 Å². The standard InChI is InChI=1S/C15H23NO/c1-7-15(4,16(5)6)14(17)13-10-11(2)8-9-12(13)3/h8-10H,7H2,1-6H3. The molecule has 1 unspecified atom stereocenters. The third-order valence-electron chi connectivity index (χ3n) is 3.80. The Kier molecular flexibility index (Phi) is 4.10. The van der Waals surface area contributed by atoms with Gasteiger partial charge in [-0.2, -0.15) is 0 Å². The Morgan fingerprint density at radius 1 is 1.29 bits per heavy atom. The van der Waals surface area contributed by atoms with E-state index >= 15 is 0 Å². The molecule has 0 saturated carbocycles. The van der Waals surface area contributed by atoms with Crippen molar-refractivity contribution in [1.82, 2.24) is 4.90 Å². The van der Waals surface area contributed by atoms with Crippen LogP contribution < -0.4 is 0 Å². The monoisotopic (exact) mass is 233 g/mol. The Hall–Kier alpha value is -1.15. The summed E-state index contributed by atoms with van der Waals surface area (Å²) >= 11 is 0. The summed E-state index contributed by atoms with van der Waals surface area (Å²) in [7, 11) is 3.93. The van der Waals surface area contributed by atoms with E-state index in [2.05, 4.69) is 6.92 Å². The number of rotatable bonds is 4. The minimum atomic E-state index is -0.418. The third kappa shape index (κ3) is 2.58. The van der Waals surface area contributed by atoms with Gasteiger partial charge in [-0.05, 0) is 52.9 Å². The van der Waals surface area contributed by atoms with Gasteiger partial charge in [-0.15, -0.1) is 0 Å². The SMILES string of the molecule is CCC(C)(C(=O)c1cc(C)ccc1C)N(C)C. The molecule has 0 fully saturated rings. The number of hydrogen-bond acceptors (Lipinski definition) is 2. The molecule has 1 atom stereocenters. The quantitative estimate of drug-likeness (QED) is 0.744. The number of carbonyl (C=O) groups is 1. The summed E-state index contributed by atoms with van der Waals surface area (Å²) in [6.45, 7) is 8.09. The van der Waals surface area contributed by atoms with Gasteiger partial charge >= 0.3 is 0 Å². The number of hydrogen-bond donors (Lipinski definition) is 0. The second-order valence-corrected chi connectivity index (χ2v) is 5.17. The minimum Gasteiger partial charge on any atom is -0.297 e. The Morgan fingerprint density at radius 3 is 2.35 bits per heavy atom. The van der Waals surface area contributed by atoms with Gasteiger partial charge in [0.05, 0.1) is 5.54 Å². The van der Waals surface area contributed by atoms with Crippen molar-refractivity contribution in [2.24, 2.45) is 0 Å². The van der Waals surface area contributed by atoms with Crippen LogP contribution in [0.3, 0.4) is 0 Å². The first-order chi connectivity index (χ1) is 7.82. The lowest BCUT2D eigenvalue weighted by molar-refractivity contribution is 0.0710. The zero-order valence-electron chi connectivity index (χ0n) is 11.8. The molecular formula is C15H23NO. The van der Waals surface area contributed by atoms with E-state index in [9.17, 15) is 4.79 Å². The van der Waals surface area contributed by atoms with Crippen LogP contribution in [-0.4, -0.2) is 30.3 Å². The van der Waals surface area contributed by atoms with Crippen LogP contribution in [0.1, 0.15) is 41.8 Å². The number of Topliss-reactive ketones (excluding diaryl/α,β-unsaturated/α-hetero) is 1. The maximum atomic E-state index is 12.7. The molecule has 2 nitrogen and oxygen atoms in total. The van der Waals surface area contributed by atoms with Crippen molar-refractivity contribution < 1.29 is 4.79 Å². The van der Waals surface area contributed by atoms with Crippen LogP contribution in [0, 0.1) is 13.8 Å². The topological polar surface area (TPSA) is 20.3 Å². The molecule has 0 saturated heterocycles. The lowest BCUT2D eigenvalue weighted by Gasteiger charge is -2.34. The van der Waals surface area contributed by atoms with Crippen LogP contribution >= 0.6 is 0 Å². The fraction of sp³-hybridized carbons (Fsp3) is 0.533. The predicted molar refractivity (Wildman–Crippen MR) is 72.6 cm³/mol. The van der Waals surface area contributed by atoms with Gasteiger partial charge in [0, 0.05) is 5.56 Å². The number of nitrogens with zero attached hydrogens (tertiary/aromatic N) is 1. The van der Waals surface area contributed by atoms with Gasteiger partial charge in [-0.25, -0.2) is 0 Å². The lowest BCUT2D eigenvalue weighted by atomic mass is 9.85. The average molecular weight is 233 g/mol. The highest BCUT2D eigenvalue weighted by molar-refractivity contribution is 6.04. The molecule has 0 spiro atoms. The highest BCUT2D eigenvalue weighted by Gasteiger charge is 2.34. The first kappa shape index (κ1) is 13.9. The number of ketones is 1. The van der Waals surface area contributed by atoms with Crippen LogP contribution in [-0.2, 0) is 0 Å². The molecule has 1 aromatic rings. The maximum absolute atomic E-state index is 12.7. The zero-order chi connectivity index (χ0) is 13.2. The second kappa shape index (κ2) is 5.01. The fourth-order valence-electron chi connectivity index (χ4n) is 1.95. The molecule has 0 bridgehead atoms. The Balaban J connectivity index is 3.24. The van der Waals surface area contributed by atoms with Crippen molar-refractivity contribution >= 4 is 5.78 Å². The largest absolute Gasteiger partial charge is 0.297 e. The van der Waals surface area contributed by atoms with Crippen molar-refractivity contribution in [2.45, 2.75) is 39.7 Å². The number of carbonyl (C=O) groups excluding carboxylic acids is 1. The van der Waals surface area contributed by atoms with Gasteiger partial charge in [0.2, 0.25) is 0 Å². The zero-order valence-corrected chi connectivity index (χ0v) is 11.8. The van der Waals surface area contributed by atoms with E-state index in [-0.39, 0.29) is 5.78 Å². The molecule has 0 aliphatic rings. The van der Waals surface area contributed by atoms with Gasteiger partial charge < -0.3 is 0 Å². The van der Waals surface area contributed by atoms with Gasteiger partial charge in [-0.1, -0.05) is 24.6 Å². The van der Waals surface area contributed by atoms with Crippen molar-refractivity contribution in [3.05, 3.63) is 34.9 Å². The Bertz CT molecular complexity index is 423. The molecule has 0 aliphatic carbocycles. The number of benzene rings is 1. The smallest absolute Gasteiger partial charge is 0.183 e. The summed E-state index contributed by atoms with van der Waals surface area (Å²) in [5.41, 5.74) is 2.62. The van der Waals surface area contributed by atoms with E-state index < -0.39 is 5.54 Å². The van der Waals surface area contributed by atoms with E-state index in [1.54, 1.807) is 0 Å². The van der Waals surface area contributed by atoms with E-state index in [4.69, 9.17) is 0 Å². The van der Waals surface area contributed by atoms with E-state index in [1.807, 2.05) is 58.0 Å². The normalized spacial score (nSPS) is 14.8. The summed E-state index contributed by atoms with van der Waals surface area (Å²) in [4.78, 5) is 14.7. The van der Waals surface area contributed by atoms with Gasteiger partial charge in [-0.3, -0.25) is 9.69 Å². The Labute approximate surface area is 105 Å². The highest BCUT2D eigenvalue weighted by atomic mass is 16.1. The van der Waals surface area contributed by atoms with Crippen molar-refractivity contribution in [3.63, 3.8) is 0 Å². The first-order valence-corrected chi connectivity index (χ1v) is 6.12. The molecule has 17 heavy (non-hydrogen) atoms. The Morgan fingerprint density at radius 2 is 1.88 bits per heavy atom. The first-order valence-electron chi connectivity index (χ1n) is 6.12.